The van der Waals surface area contributed by atoms with Crippen molar-refractivity contribution in [2.45, 2.75) is 26.2 Å². The van der Waals surface area contributed by atoms with Crippen LogP contribution in [-0.4, -0.2) is 20.4 Å². The lowest BCUT2D eigenvalue weighted by Crippen LogP contribution is -2.03. The first-order valence-corrected chi connectivity index (χ1v) is 10.5. The van der Waals surface area contributed by atoms with Crippen molar-refractivity contribution >= 4 is 13.2 Å². The lowest BCUT2D eigenvalue weighted by atomic mass is 10.2. The minimum Gasteiger partial charge on any atom is -0.494 e. The van der Waals surface area contributed by atoms with E-state index in [2.05, 4.69) is 12.0 Å². The van der Waals surface area contributed by atoms with Crippen molar-refractivity contribution in [3.8, 4) is 17.2 Å². The molecule has 0 aliphatic carbocycles. The fourth-order valence-electron chi connectivity index (χ4n) is 2.31. The van der Waals surface area contributed by atoms with Gasteiger partial charge in [-0.2, -0.15) is 0 Å². The van der Waals surface area contributed by atoms with Gasteiger partial charge in [-0.25, -0.2) is 0 Å². The number of hydrogen-bond acceptors (Lipinski definition) is 4. The Bertz CT molecular complexity index is 703. The summed E-state index contributed by atoms with van der Waals surface area (Å²) in [5.41, 5.74) is 0.710. The van der Waals surface area contributed by atoms with Gasteiger partial charge in [0.25, 0.3) is 0 Å². The third kappa shape index (κ3) is 6.35. The zero-order valence-corrected chi connectivity index (χ0v) is 15.9. The number of ether oxygens (including phenoxy) is 2. The van der Waals surface area contributed by atoms with Crippen LogP contribution in [0.25, 0.3) is 0 Å². The summed E-state index contributed by atoms with van der Waals surface area (Å²) in [6, 6.07) is 14.5. The normalized spacial score (nSPS) is 12.9. The van der Waals surface area contributed by atoms with E-state index in [1.54, 1.807) is 19.2 Å². The zero-order valence-electron chi connectivity index (χ0n) is 15.0. The first-order valence-electron chi connectivity index (χ1n) is 8.45. The summed E-state index contributed by atoms with van der Waals surface area (Å²) in [7, 11) is -1.54. The van der Waals surface area contributed by atoms with Crippen LogP contribution in [0.5, 0.6) is 17.2 Å². The van der Waals surface area contributed by atoms with Crippen LogP contribution in [0.15, 0.2) is 48.5 Å². The molecule has 25 heavy (non-hydrogen) atoms. The van der Waals surface area contributed by atoms with E-state index >= 15 is 0 Å². The van der Waals surface area contributed by atoms with Crippen LogP contribution < -0.4 is 19.1 Å². The molecule has 5 nitrogen and oxygen atoms in total. The van der Waals surface area contributed by atoms with Crippen LogP contribution in [0.1, 0.15) is 26.2 Å². The van der Waals surface area contributed by atoms with Crippen LogP contribution in [0.2, 0.25) is 0 Å². The maximum atomic E-state index is 12.7. The van der Waals surface area contributed by atoms with Crippen molar-refractivity contribution in [1.82, 2.24) is 0 Å². The van der Waals surface area contributed by atoms with Crippen LogP contribution in [0.4, 0.5) is 5.69 Å². The highest BCUT2D eigenvalue weighted by Crippen LogP contribution is 2.46. The molecule has 0 aliphatic rings. The maximum Gasteiger partial charge on any atom is 0.338 e. The average molecular weight is 363 g/mol. The van der Waals surface area contributed by atoms with Gasteiger partial charge in [0.05, 0.1) is 13.7 Å². The highest BCUT2D eigenvalue weighted by Gasteiger charge is 2.19. The number of benzene rings is 2. The Balaban J connectivity index is 1.94. The molecule has 6 heteroatoms. The van der Waals surface area contributed by atoms with Crippen LogP contribution in [0, 0.1) is 0 Å². The number of nitrogens with one attached hydrogen (secondary N) is 1. The first kappa shape index (κ1) is 19.2. The number of anilines is 1. The topological polar surface area (TPSA) is 56.8 Å². The number of hydrogen-bond donors (Lipinski definition) is 1. The summed E-state index contributed by atoms with van der Waals surface area (Å²) in [6.45, 7) is 4.41. The molecular weight excluding hydrogens is 337 g/mol. The van der Waals surface area contributed by atoms with E-state index in [-0.39, 0.29) is 0 Å². The molecule has 0 fully saturated rings. The molecule has 136 valence electrons. The summed E-state index contributed by atoms with van der Waals surface area (Å²) in [6.07, 6.45) is 3.39. The van der Waals surface area contributed by atoms with Crippen molar-refractivity contribution in [2.75, 3.05) is 25.5 Å². The Hall–Kier alpha value is -2.13. The van der Waals surface area contributed by atoms with Crippen molar-refractivity contribution in [3.63, 3.8) is 0 Å². The molecule has 1 atom stereocenters. The molecule has 0 amide bonds. The Morgan fingerprint density at radius 3 is 2.32 bits per heavy atom. The smallest absolute Gasteiger partial charge is 0.338 e. The first-order chi connectivity index (χ1) is 12.0. The van der Waals surface area contributed by atoms with Crippen molar-refractivity contribution in [2.24, 2.45) is 0 Å². The van der Waals surface area contributed by atoms with E-state index in [1.165, 1.54) is 19.5 Å². The molecule has 0 radical (unpaired) electrons. The molecule has 0 aromatic heterocycles. The Morgan fingerprint density at radius 2 is 1.68 bits per heavy atom. The predicted molar refractivity (Wildman–Crippen MR) is 102 cm³/mol. The fourth-order valence-corrected chi connectivity index (χ4v) is 3.50. The van der Waals surface area contributed by atoms with Gasteiger partial charge in [-0.1, -0.05) is 31.9 Å². The van der Waals surface area contributed by atoms with E-state index in [1.807, 2.05) is 36.4 Å². The summed E-state index contributed by atoms with van der Waals surface area (Å²) in [4.78, 5) is 0. The second-order valence-corrected chi connectivity index (χ2v) is 7.88. The van der Waals surface area contributed by atoms with E-state index in [9.17, 15) is 4.57 Å². The van der Waals surface area contributed by atoms with Gasteiger partial charge in [0, 0.05) is 12.4 Å². The minimum atomic E-state index is -3.09. The molecule has 0 saturated heterocycles. The van der Waals surface area contributed by atoms with E-state index < -0.39 is 7.52 Å². The van der Waals surface area contributed by atoms with Gasteiger partial charge < -0.3 is 19.1 Å². The number of methoxy groups -OCH3 is 1. The highest BCUT2D eigenvalue weighted by molar-refractivity contribution is 7.60. The van der Waals surface area contributed by atoms with Gasteiger partial charge >= 0.3 is 7.52 Å². The second kappa shape index (κ2) is 9.38. The molecule has 0 spiro atoms. The van der Waals surface area contributed by atoms with Gasteiger partial charge in [-0.15, -0.1) is 0 Å². The molecule has 2 aromatic carbocycles. The lowest BCUT2D eigenvalue weighted by Gasteiger charge is -2.19. The van der Waals surface area contributed by atoms with Crippen LogP contribution in [0.3, 0.4) is 0 Å². The van der Waals surface area contributed by atoms with Gasteiger partial charge in [-0.05, 0) is 42.8 Å². The third-order valence-electron chi connectivity index (χ3n) is 3.54. The number of para-hydroxylation sites is 2. The molecule has 0 saturated carbocycles. The molecule has 0 bridgehead atoms. The second-order valence-electron chi connectivity index (χ2n) is 5.78. The van der Waals surface area contributed by atoms with Gasteiger partial charge in [0.1, 0.15) is 5.75 Å². The van der Waals surface area contributed by atoms with Gasteiger partial charge in [0.15, 0.2) is 11.5 Å². The highest BCUT2D eigenvalue weighted by atomic mass is 31.2. The molecule has 1 N–H and O–H groups in total. The zero-order chi connectivity index (χ0) is 18.1. The van der Waals surface area contributed by atoms with Crippen LogP contribution in [-0.2, 0) is 4.57 Å². The summed E-state index contributed by atoms with van der Waals surface area (Å²) >= 11 is 0. The molecule has 0 unspecified atom stereocenters. The summed E-state index contributed by atoms with van der Waals surface area (Å²) in [5.74, 6) is 1.79. The number of rotatable bonds is 10. The van der Waals surface area contributed by atoms with Crippen molar-refractivity contribution in [3.05, 3.63) is 48.5 Å². The fraction of sp³-hybridized carbons (Fsp3) is 0.368. The summed E-state index contributed by atoms with van der Waals surface area (Å²) in [5, 5.41) is 2.94. The predicted octanol–water partition coefficient (Wildman–Crippen LogP) is 5.58. The van der Waals surface area contributed by atoms with E-state index in [0.717, 1.165) is 12.2 Å². The monoisotopic (exact) mass is 363 g/mol. The van der Waals surface area contributed by atoms with Crippen molar-refractivity contribution in [1.29, 1.82) is 0 Å². The molecule has 0 aliphatic heterocycles. The van der Waals surface area contributed by atoms with Crippen LogP contribution >= 0.6 is 7.52 Å². The summed E-state index contributed by atoms with van der Waals surface area (Å²) < 4.78 is 29.3. The van der Waals surface area contributed by atoms with Crippen molar-refractivity contribution < 1.29 is 18.6 Å². The minimum absolute atomic E-state index is 0.444. The average Bonchev–Trinajstić information content (AvgIpc) is 2.60. The van der Waals surface area contributed by atoms with E-state index in [0.29, 0.717) is 23.8 Å². The van der Waals surface area contributed by atoms with Gasteiger partial charge in [0.2, 0.25) is 0 Å². The standard InChI is InChI=1S/C19H26NO4P/c1-4-5-8-15-23-17-13-11-16(12-14-17)20-25(3,21)24-19-10-7-6-9-18(19)22-2/h6-7,9-14H,4-5,8,15H2,1-3H3,(H,20,21)/t25-/m1/s1. The number of unbranched alkanes of at least 4 members (excludes halogenated alkanes) is 2. The Labute approximate surface area is 149 Å². The van der Waals surface area contributed by atoms with E-state index in [4.69, 9.17) is 14.0 Å². The lowest BCUT2D eigenvalue weighted by molar-refractivity contribution is 0.306. The SMILES string of the molecule is CCCCCOc1ccc(N[P@](C)(=O)Oc2ccccc2OC)cc1. The largest absolute Gasteiger partial charge is 0.494 e. The Morgan fingerprint density at radius 1 is 1.00 bits per heavy atom. The molecule has 2 aromatic rings. The third-order valence-corrected chi connectivity index (χ3v) is 4.75. The Kier molecular flexibility index (Phi) is 7.20. The molecule has 2 rings (SSSR count). The maximum absolute atomic E-state index is 12.7. The molecular formula is C19H26NO4P. The molecule has 0 heterocycles. The van der Waals surface area contributed by atoms with Gasteiger partial charge in [-0.3, -0.25) is 4.57 Å². The quantitative estimate of drug-likeness (QED) is 0.441.